The molecule has 0 atom stereocenters. The lowest BCUT2D eigenvalue weighted by atomic mass is 10.2. The van der Waals surface area contributed by atoms with E-state index in [4.69, 9.17) is 4.74 Å². The summed E-state index contributed by atoms with van der Waals surface area (Å²) >= 11 is 0. The molecule has 0 bridgehead atoms. The molecular formula is C19H22N2O3. The molecule has 24 heavy (non-hydrogen) atoms. The smallest absolute Gasteiger partial charge is 0.313 e. The van der Waals surface area contributed by atoms with Gasteiger partial charge in [0.15, 0.2) is 0 Å². The van der Waals surface area contributed by atoms with Crippen LogP contribution in [0, 0.1) is 0 Å². The highest BCUT2D eigenvalue weighted by Gasteiger charge is 2.18. The maximum absolute atomic E-state index is 12.2. The molecule has 0 saturated carbocycles. The molecule has 126 valence electrons. The van der Waals surface area contributed by atoms with E-state index in [9.17, 15) is 9.59 Å². The number of nitrogens with one attached hydrogen (secondary N) is 1. The molecule has 5 heteroatoms. The third kappa shape index (κ3) is 5.12. The topological polar surface area (TPSA) is 58.6 Å². The summed E-state index contributed by atoms with van der Waals surface area (Å²) in [6.07, 6.45) is 0.0821. The van der Waals surface area contributed by atoms with Crippen molar-refractivity contribution in [2.24, 2.45) is 0 Å². The second kappa shape index (κ2) is 8.15. The molecule has 0 radical (unpaired) electrons. The zero-order valence-electron chi connectivity index (χ0n) is 14.2. The van der Waals surface area contributed by atoms with Gasteiger partial charge in [0, 0.05) is 19.3 Å². The minimum atomic E-state index is -0.661. The summed E-state index contributed by atoms with van der Waals surface area (Å²) in [6, 6.07) is 16.5. The number of nitrogens with zero attached hydrogens (tertiary/aromatic N) is 1. The number of hydrogen-bond acceptors (Lipinski definition) is 3. The normalized spacial score (nSPS) is 10.3. The van der Waals surface area contributed by atoms with E-state index in [1.54, 1.807) is 31.3 Å². The van der Waals surface area contributed by atoms with Crippen molar-refractivity contribution in [3.8, 4) is 5.75 Å². The van der Waals surface area contributed by atoms with Crippen molar-refractivity contribution in [1.82, 2.24) is 4.90 Å². The van der Waals surface area contributed by atoms with Crippen LogP contribution in [-0.4, -0.2) is 29.9 Å². The van der Waals surface area contributed by atoms with Gasteiger partial charge < -0.3 is 15.0 Å². The number of hydrogen-bond donors (Lipinski definition) is 1. The molecule has 0 heterocycles. The Hall–Kier alpha value is -2.82. The highest BCUT2D eigenvalue weighted by Crippen LogP contribution is 2.17. The van der Waals surface area contributed by atoms with Crippen LogP contribution in [0.15, 0.2) is 54.6 Å². The number of ether oxygens (including phenoxy) is 1. The predicted octanol–water partition coefficient (Wildman–Crippen LogP) is 3.07. The quantitative estimate of drug-likeness (QED) is 0.859. The summed E-state index contributed by atoms with van der Waals surface area (Å²) in [6.45, 7) is 4.27. The van der Waals surface area contributed by atoms with E-state index in [1.807, 2.05) is 44.2 Å². The van der Waals surface area contributed by atoms with Crippen molar-refractivity contribution >= 4 is 17.5 Å². The number of amides is 2. The van der Waals surface area contributed by atoms with Gasteiger partial charge in [0.1, 0.15) is 5.75 Å². The van der Waals surface area contributed by atoms with Crippen molar-refractivity contribution < 1.29 is 14.3 Å². The van der Waals surface area contributed by atoms with Crippen molar-refractivity contribution in [3.63, 3.8) is 0 Å². The van der Waals surface area contributed by atoms with Gasteiger partial charge >= 0.3 is 11.8 Å². The second-order valence-corrected chi connectivity index (χ2v) is 5.79. The Morgan fingerprint density at radius 3 is 2.25 bits per heavy atom. The van der Waals surface area contributed by atoms with Gasteiger partial charge in [0.05, 0.1) is 6.10 Å². The molecule has 2 rings (SSSR count). The zero-order valence-corrected chi connectivity index (χ0v) is 14.2. The van der Waals surface area contributed by atoms with E-state index in [1.165, 1.54) is 4.90 Å². The van der Waals surface area contributed by atoms with Gasteiger partial charge in [-0.25, -0.2) is 0 Å². The van der Waals surface area contributed by atoms with Gasteiger partial charge in [-0.2, -0.15) is 0 Å². The number of benzene rings is 2. The number of carbonyl (C=O) groups is 2. The third-order valence-corrected chi connectivity index (χ3v) is 3.29. The lowest BCUT2D eigenvalue weighted by Gasteiger charge is -2.17. The number of anilines is 1. The SMILES string of the molecule is CC(C)Oc1ccc(NC(=O)C(=O)N(C)Cc2ccccc2)cc1. The zero-order chi connectivity index (χ0) is 17.5. The standard InChI is InChI=1S/C19H22N2O3/c1-14(2)24-17-11-9-16(10-12-17)20-18(22)19(23)21(3)13-15-7-5-4-6-8-15/h4-12,14H,13H2,1-3H3,(H,20,22). The van der Waals surface area contributed by atoms with E-state index in [0.29, 0.717) is 12.2 Å². The third-order valence-electron chi connectivity index (χ3n) is 3.29. The van der Waals surface area contributed by atoms with Crippen LogP contribution in [0.5, 0.6) is 5.75 Å². The van der Waals surface area contributed by atoms with Crippen molar-refractivity contribution in [1.29, 1.82) is 0 Å². The summed E-state index contributed by atoms with van der Waals surface area (Å²) in [5.74, 6) is -0.525. The first-order valence-corrected chi connectivity index (χ1v) is 7.83. The summed E-state index contributed by atoms with van der Waals surface area (Å²) in [5, 5.41) is 2.60. The Balaban J connectivity index is 1.92. The molecule has 0 aliphatic carbocycles. The molecule has 0 aliphatic rings. The Kier molecular flexibility index (Phi) is 5.95. The van der Waals surface area contributed by atoms with Crippen LogP contribution in [0.2, 0.25) is 0 Å². The number of carbonyl (C=O) groups excluding carboxylic acids is 2. The Labute approximate surface area is 142 Å². The average molecular weight is 326 g/mol. The summed E-state index contributed by atoms with van der Waals surface area (Å²) in [4.78, 5) is 25.6. The van der Waals surface area contributed by atoms with Gasteiger partial charge in [-0.3, -0.25) is 9.59 Å². The first-order valence-electron chi connectivity index (χ1n) is 7.83. The van der Waals surface area contributed by atoms with E-state index >= 15 is 0 Å². The minimum absolute atomic E-state index is 0.0821. The van der Waals surface area contributed by atoms with Crippen LogP contribution >= 0.6 is 0 Å². The van der Waals surface area contributed by atoms with E-state index in [0.717, 1.165) is 11.3 Å². The van der Waals surface area contributed by atoms with E-state index in [2.05, 4.69) is 5.32 Å². The second-order valence-electron chi connectivity index (χ2n) is 5.79. The highest BCUT2D eigenvalue weighted by atomic mass is 16.5. The van der Waals surface area contributed by atoms with Gasteiger partial charge in [-0.15, -0.1) is 0 Å². The molecule has 0 saturated heterocycles. The first-order chi connectivity index (χ1) is 11.5. The van der Waals surface area contributed by atoms with Crippen molar-refractivity contribution in [2.75, 3.05) is 12.4 Å². The average Bonchev–Trinajstić information content (AvgIpc) is 2.56. The molecular weight excluding hydrogens is 304 g/mol. The van der Waals surface area contributed by atoms with Crippen molar-refractivity contribution in [3.05, 3.63) is 60.2 Å². The lowest BCUT2D eigenvalue weighted by Crippen LogP contribution is -2.36. The minimum Gasteiger partial charge on any atom is -0.491 e. The summed E-state index contributed by atoms with van der Waals surface area (Å²) < 4.78 is 5.54. The molecule has 0 fully saturated rings. The number of rotatable bonds is 5. The van der Waals surface area contributed by atoms with Crippen LogP contribution in [0.3, 0.4) is 0 Å². The lowest BCUT2D eigenvalue weighted by molar-refractivity contribution is -0.142. The molecule has 0 unspecified atom stereocenters. The van der Waals surface area contributed by atoms with Crippen LogP contribution in [-0.2, 0) is 16.1 Å². The first kappa shape index (κ1) is 17.5. The molecule has 0 spiro atoms. The Morgan fingerprint density at radius 2 is 1.67 bits per heavy atom. The fourth-order valence-corrected chi connectivity index (χ4v) is 2.18. The Bertz CT molecular complexity index is 682. The highest BCUT2D eigenvalue weighted by molar-refractivity contribution is 6.39. The van der Waals surface area contributed by atoms with Crippen LogP contribution in [0.1, 0.15) is 19.4 Å². The van der Waals surface area contributed by atoms with Crippen LogP contribution in [0.4, 0.5) is 5.69 Å². The molecule has 1 N–H and O–H groups in total. The van der Waals surface area contributed by atoms with Crippen LogP contribution < -0.4 is 10.1 Å². The summed E-state index contributed by atoms with van der Waals surface area (Å²) in [7, 11) is 1.61. The molecule has 0 aliphatic heterocycles. The Morgan fingerprint density at radius 1 is 1.04 bits per heavy atom. The molecule has 2 aromatic carbocycles. The molecule has 2 amide bonds. The maximum Gasteiger partial charge on any atom is 0.313 e. The van der Waals surface area contributed by atoms with Gasteiger partial charge in [-0.05, 0) is 43.7 Å². The molecule has 2 aromatic rings. The maximum atomic E-state index is 12.2. The molecule has 5 nitrogen and oxygen atoms in total. The number of likely N-dealkylation sites (N-methyl/N-ethyl adjacent to an activating group) is 1. The fourth-order valence-electron chi connectivity index (χ4n) is 2.18. The van der Waals surface area contributed by atoms with E-state index in [-0.39, 0.29) is 6.10 Å². The fraction of sp³-hybridized carbons (Fsp3) is 0.263. The molecule has 0 aromatic heterocycles. The van der Waals surface area contributed by atoms with Crippen LogP contribution in [0.25, 0.3) is 0 Å². The predicted molar refractivity (Wildman–Crippen MR) is 93.8 cm³/mol. The van der Waals surface area contributed by atoms with Crippen molar-refractivity contribution in [2.45, 2.75) is 26.5 Å². The van der Waals surface area contributed by atoms with E-state index < -0.39 is 11.8 Å². The monoisotopic (exact) mass is 326 g/mol. The van der Waals surface area contributed by atoms with Gasteiger partial charge in [0.25, 0.3) is 0 Å². The van der Waals surface area contributed by atoms with Gasteiger partial charge in [0.2, 0.25) is 0 Å². The largest absolute Gasteiger partial charge is 0.491 e. The summed E-state index contributed by atoms with van der Waals surface area (Å²) in [5.41, 5.74) is 1.52. The van der Waals surface area contributed by atoms with Gasteiger partial charge in [-0.1, -0.05) is 30.3 Å².